The summed E-state index contributed by atoms with van der Waals surface area (Å²) in [7, 11) is 1.65. The third kappa shape index (κ3) is 6.54. The number of cyclic esters (lactones) is 1. The molecule has 5 rings (SSSR count). The SMILES string of the molecule is COc1ccc(COCCC[C@H]2OC(=O)N3C[C@H](OCc4ccccc4)[C@H](OCc4ccccc4)[C@@H]23)cc1. The Labute approximate surface area is 224 Å². The Morgan fingerprint density at radius 2 is 1.45 bits per heavy atom. The number of hydrogen-bond donors (Lipinski definition) is 0. The number of hydrogen-bond acceptors (Lipinski definition) is 6. The van der Waals surface area contributed by atoms with E-state index in [1.807, 2.05) is 84.9 Å². The Morgan fingerprint density at radius 3 is 2.11 bits per heavy atom. The maximum atomic E-state index is 12.8. The van der Waals surface area contributed by atoms with Crippen molar-refractivity contribution in [2.24, 2.45) is 0 Å². The molecule has 0 N–H and O–H groups in total. The van der Waals surface area contributed by atoms with E-state index in [0.29, 0.717) is 39.4 Å². The number of methoxy groups -OCH3 is 1. The van der Waals surface area contributed by atoms with Gasteiger partial charge in [0.05, 0.1) is 33.5 Å². The molecule has 0 radical (unpaired) electrons. The molecule has 1 amide bonds. The lowest BCUT2D eigenvalue weighted by atomic mass is 10.0. The van der Waals surface area contributed by atoms with Crippen LogP contribution in [0, 0.1) is 0 Å². The van der Waals surface area contributed by atoms with Crippen LogP contribution in [0.1, 0.15) is 29.5 Å². The van der Waals surface area contributed by atoms with Gasteiger partial charge in [-0.1, -0.05) is 72.8 Å². The molecule has 0 aromatic heterocycles. The molecular formula is C31H35NO6. The molecule has 3 aromatic carbocycles. The van der Waals surface area contributed by atoms with Crippen molar-refractivity contribution >= 4 is 6.09 Å². The van der Waals surface area contributed by atoms with Crippen molar-refractivity contribution in [3.63, 3.8) is 0 Å². The maximum absolute atomic E-state index is 12.8. The predicted molar refractivity (Wildman–Crippen MR) is 143 cm³/mol. The first-order valence-corrected chi connectivity index (χ1v) is 13.2. The van der Waals surface area contributed by atoms with E-state index in [1.54, 1.807) is 12.0 Å². The Hall–Kier alpha value is -3.39. The van der Waals surface area contributed by atoms with Crippen LogP contribution in [-0.2, 0) is 38.8 Å². The lowest BCUT2D eigenvalue weighted by Gasteiger charge is -2.26. The number of rotatable bonds is 13. The second-order valence-corrected chi connectivity index (χ2v) is 9.70. The molecule has 4 atom stereocenters. The summed E-state index contributed by atoms with van der Waals surface area (Å²) in [6, 6.07) is 27.8. The van der Waals surface area contributed by atoms with Gasteiger partial charge in [-0.3, -0.25) is 4.90 Å². The summed E-state index contributed by atoms with van der Waals surface area (Å²) in [4.78, 5) is 14.6. The molecule has 2 heterocycles. The van der Waals surface area contributed by atoms with Crippen molar-refractivity contribution in [2.75, 3.05) is 20.3 Å². The summed E-state index contributed by atoms with van der Waals surface area (Å²) in [5.41, 5.74) is 3.27. The molecule has 2 fully saturated rings. The van der Waals surface area contributed by atoms with E-state index < -0.39 is 0 Å². The molecule has 200 valence electrons. The van der Waals surface area contributed by atoms with Crippen LogP contribution in [0.2, 0.25) is 0 Å². The predicted octanol–water partition coefficient (Wildman–Crippen LogP) is 5.37. The third-order valence-electron chi connectivity index (χ3n) is 7.10. The largest absolute Gasteiger partial charge is 0.497 e. The normalized spacial score (nSPS) is 22.3. The number of amides is 1. The molecule has 0 aliphatic carbocycles. The summed E-state index contributed by atoms with van der Waals surface area (Å²) in [6.07, 6.45) is 0.406. The smallest absolute Gasteiger partial charge is 0.410 e. The molecule has 3 aromatic rings. The van der Waals surface area contributed by atoms with Crippen LogP contribution in [0.4, 0.5) is 4.79 Å². The maximum Gasteiger partial charge on any atom is 0.410 e. The fourth-order valence-electron chi connectivity index (χ4n) is 5.12. The van der Waals surface area contributed by atoms with Crippen molar-refractivity contribution in [3.05, 3.63) is 102 Å². The lowest BCUT2D eigenvalue weighted by Crippen LogP contribution is -2.42. The number of benzene rings is 3. The van der Waals surface area contributed by atoms with Gasteiger partial charge in [-0.25, -0.2) is 4.79 Å². The van der Waals surface area contributed by atoms with Crippen molar-refractivity contribution in [1.29, 1.82) is 0 Å². The molecular weight excluding hydrogens is 482 g/mol. The monoisotopic (exact) mass is 517 g/mol. The standard InChI is InChI=1S/C31H35NO6/c1-34-26-16-14-25(15-17-26)20-35-18-8-13-27-29-30(37-22-24-11-6-3-7-12-24)28(19-32(29)31(33)38-27)36-21-23-9-4-2-5-10-23/h2-7,9-12,14-17,27-30H,8,13,18-22H2,1H3/t27-,28+,29-,30+/m1/s1. The second kappa shape index (κ2) is 12.9. The van der Waals surface area contributed by atoms with Crippen molar-refractivity contribution in [1.82, 2.24) is 4.90 Å². The van der Waals surface area contributed by atoms with Gasteiger partial charge >= 0.3 is 6.09 Å². The van der Waals surface area contributed by atoms with Crippen molar-refractivity contribution < 1.29 is 28.5 Å². The summed E-state index contributed by atoms with van der Waals surface area (Å²) in [5.74, 6) is 0.827. The molecule has 2 saturated heterocycles. The summed E-state index contributed by atoms with van der Waals surface area (Å²) < 4.78 is 29.6. The van der Waals surface area contributed by atoms with Gasteiger partial charge < -0.3 is 23.7 Å². The minimum atomic E-state index is -0.293. The molecule has 7 nitrogen and oxygen atoms in total. The zero-order valence-electron chi connectivity index (χ0n) is 21.7. The van der Waals surface area contributed by atoms with E-state index in [9.17, 15) is 4.79 Å². The van der Waals surface area contributed by atoms with E-state index >= 15 is 0 Å². The average molecular weight is 518 g/mol. The number of nitrogens with zero attached hydrogens (tertiary/aromatic N) is 1. The highest BCUT2D eigenvalue weighted by Crippen LogP contribution is 2.36. The van der Waals surface area contributed by atoms with Crippen LogP contribution in [0.5, 0.6) is 5.75 Å². The number of ether oxygens (including phenoxy) is 5. The average Bonchev–Trinajstić information content (AvgIpc) is 3.48. The molecule has 0 saturated carbocycles. The van der Waals surface area contributed by atoms with Gasteiger partial charge in [0.15, 0.2) is 0 Å². The molecule has 0 bridgehead atoms. The molecule has 2 aliphatic rings. The van der Waals surface area contributed by atoms with Crippen LogP contribution in [-0.4, -0.2) is 55.6 Å². The summed E-state index contributed by atoms with van der Waals surface area (Å²) >= 11 is 0. The van der Waals surface area contributed by atoms with Crippen LogP contribution in [0.25, 0.3) is 0 Å². The minimum Gasteiger partial charge on any atom is -0.497 e. The van der Waals surface area contributed by atoms with E-state index in [1.165, 1.54) is 0 Å². The van der Waals surface area contributed by atoms with E-state index in [4.69, 9.17) is 23.7 Å². The zero-order chi connectivity index (χ0) is 26.2. The second-order valence-electron chi connectivity index (χ2n) is 9.70. The van der Waals surface area contributed by atoms with Gasteiger partial charge in [0.25, 0.3) is 0 Å². The Balaban J connectivity index is 1.18. The highest BCUT2D eigenvalue weighted by molar-refractivity contribution is 5.71. The molecule has 2 aliphatic heterocycles. The minimum absolute atomic E-state index is 0.187. The Kier molecular flexibility index (Phi) is 8.91. The topological polar surface area (TPSA) is 66.5 Å². The molecule has 7 heteroatoms. The van der Waals surface area contributed by atoms with Gasteiger partial charge in [0.1, 0.15) is 30.1 Å². The Bertz CT molecular complexity index is 1140. The van der Waals surface area contributed by atoms with E-state index in [-0.39, 0.29) is 30.4 Å². The first-order valence-electron chi connectivity index (χ1n) is 13.2. The highest BCUT2D eigenvalue weighted by atomic mass is 16.6. The van der Waals surface area contributed by atoms with Crippen molar-refractivity contribution in [3.8, 4) is 5.75 Å². The van der Waals surface area contributed by atoms with Gasteiger partial charge in [0.2, 0.25) is 0 Å². The first-order chi connectivity index (χ1) is 18.7. The number of carbonyl (C=O) groups excluding carboxylic acids is 1. The van der Waals surface area contributed by atoms with Gasteiger partial charge in [-0.05, 0) is 41.7 Å². The molecule has 0 unspecified atom stereocenters. The first kappa shape index (κ1) is 26.2. The molecule has 0 spiro atoms. The molecule has 38 heavy (non-hydrogen) atoms. The number of fused-ring (bicyclic) bond motifs is 1. The van der Waals surface area contributed by atoms with Gasteiger partial charge in [0, 0.05) is 6.61 Å². The quantitative estimate of drug-likeness (QED) is 0.284. The summed E-state index contributed by atoms with van der Waals surface area (Å²) in [6.45, 7) is 2.49. The van der Waals surface area contributed by atoms with Crippen LogP contribution in [0.3, 0.4) is 0 Å². The lowest BCUT2D eigenvalue weighted by molar-refractivity contribution is -0.0811. The van der Waals surface area contributed by atoms with Crippen LogP contribution in [0.15, 0.2) is 84.9 Å². The third-order valence-corrected chi connectivity index (χ3v) is 7.10. The van der Waals surface area contributed by atoms with Gasteiger partial charge in [-0.15, -0.1) is 0 Å². The van der Waals surface area contributed by atoms with Crippen LogP contribution < -0.4 is 4.74 Å². The number of carbonyl (C=O) groups is 1. The highest BCUT2D eigenvalue weighted by Gasteiger charge is 2.55. The Morgan fingerprint density at radius 1 is 0.816 bits per heavy atom. The van der Waals surface area contributed by atoms with Crippen LogP contribution >= 0.6 is 0 Å². The zero-order valence-corrected chi connectivity index (χ0v) is 21.7. The van der Waals surface area contributed by atoms with E-state index in [0.717, 1.165) is 28.9 Å². The van der Waals surface area contributed by atoms with Gasteiger partial charge in [-0.2, -0.15) is 0 Å². The summed E-state index contributed by atoms with van der Waals surface area (Å²) in [5, 5.41) is 0. The van der Waals surface area contributed by atoms with E-state index in [2.05, 4.69) is 0 Å². The van der Waals surface area contributed by atoms with Crippen molar-refractivity contribution in [2.45, 2.75) is 57.0 Å². The fourth-order valence-corrected chi connectivity index (χ4v) is 5.12. The fraction of sp³-hybridized carbons (Fsp3) is 0.387.